The monoisotopic (exact) mass is 316 g/mol. The summed E-state index contributed by atoms with van der Waals surface area (Å²) < 4.78 is 13.1. The fourth-order valence-corrected chi connectivity index (χ4v) is 2.59. The normalized spacial score (nSPS) is 10.8. The minimum Gasteiger partial charge on any atom is -0.478 e. The first-order chi connectivity index (χ1) is 10.5. The molecule has 0 bridgehead atoms. The Hall–Kier alpha value is -2.40. The molecule has 2 aromatic rings. The van der Waals surface area contributed by atoms with Crippen molar-refractivity contribution < 1.29 is 19.1 Å². The summed E-state index contributed by atoms with van der Waals surface area (Å²) >= 11 is 1.53. The van der Waals surface area contributed by atoms with Gasteiger partial charge in [0.2, 0.25) is 0 Å². The second-order valence-electron chi connectivity index (χ2n) is 4.48. The maximum absolute atomic E-state index is 13.1. The van der Waals surface area contributed by atoms with Gasteiger partial charge >= 0.3 is 5.97 Å². The van der Waals surface area contributed by atoms with Gasteiger partial charge in [0.25, 0.3) is 0 Å². The molecule has 0 atom stereocenters. The summed E-state index contributed by atoms with van der Waals surface area (Å²) in [5.74, 6) is -1.15. The number of aliphatic carboxylic acids is 1. The molecule has 0 unspecified atom stereocenters. The van der Waals surface area contributed by atoms with E-state index >= 15 is 0 Å². The van der Waals surface area contributed by atoms with Gasteiger partial charge in [-0.25, -0.2) is 9.18 Å². The van der Waals surface area contributed by atoms with E-state index in [0.717, 1.165) is 22.6 Å². The highest BCUT2D eigenvalue weighted by Gasteiger charge is 2.03. The minimum atomic E-state index is -1.16. The molecule has 0 fully saturated rings. The molecule has 1 N–H and O–H groups in total. The van der Waals surface area contributed by atoms with Gasteiger partial charge in [0.05, 0.1) is 0 Å². The molecule has 0 aromatic heterocycles. The number of halogens is 1. The Morgan fingerprint density at radius 2 is 1.82 bits per heavy atom. The molecule has 2 rings (SSSR count). The van der Waals surface area contributed by atoms with Gasteiger partial charge in [-0.2, -0.15) is 0 Å². The number of hydrogen-bond donors (Lipinski definition) is 1. The number of allylic oxidation sites excluding steroid dienone is 1. The average molecular weight is 316 g/mol. The van der Waals surface area contributed by atoms with Crippen LogP contribution in [0.1, 0.15) is 15.9 Å². The van der Waals surface area contributed by atoms with Crippen LogP contribution in [-0.4, -0.2) is 16.9 Å². The highest BCUT2D eigenvalue weighted by Crippen LogP contribution is 2.23. The van der Waals surface area contributed by atoms with E-state index in [2.05, 4.69) is 0 Å². The molecule has 0 heterocycles. The van der Waals surface area contributed by atoms with E-state index in [1.54, 1.807) is 30.3 Å². The van der Waals surface area contributed by atoms with Crippen LogP contribution in [0.15, 0.2) is 65.6 Å². The lowest BCUT2D eigenvalue weighted by Crippen LogP contribution is -1.96. The Balaban J connectivity index is 1.97. The summed E-state index contributed by atoms with van der Waals surface area (Å²) in [6.07, 6.45) is 1.84. The molecule has 0 aliphatic carbocycles. The lowest BCUT2D eigenvalue weighted by Gasteiger charge is -2.03. The van der Waals surface area contributed by atoms with E-state index in [0.29, 0.717) is 11.3 Å². The van der Waals surface area contributed by atoms with Crippen LogP contribution >= 0.6 is 11.8 Å². The number of thioether (sulfide) groups is 1. The molecule has 0 saturated heterocycles. The van der Waals surface area contributed by atoms with Gasteiger partial charge in [0.1, 0.15) is 5.82 Å². The van der Waals surface area contributed by atoms with Crippen molar-refractivity contribution in [2.45, 2.75) is 10.6 Å². The zero-order valence-electron chi connectivity index (χ0n) is 11.5. The van der Waals surface area contributed by atoms with Crippen LogP contribution in [0.5, 0.6) is 0 Å². The maximum Gasteiger partial charge on any atom is 0.328 e. The van der Waals surface area contributed by atoms with E-state index in [-0.39, 0.29) is 11.6 Å². The Bertz CT molecular complexity index is 708. The predicted octanol–water partition coefficient (Wildman–Crippen LogP) is 3.94. The molecule has 22 heavy (non-hydrogen) atoms. The minimum absolute atomic E-state index is 0.260. The van der Waals surface area contributed by atoms with E-state index in [1.807, 2.05) is 6.07 Å². The maximum atomic E-state index is 13.1. The van der Waals surface area contributed by atoms with Crippen molar-refractivity contribution >= 4 is 23.5 Å². The number of rotatable bonds is 6. The van der Waals surface area contributed by atoms with Crippen LogP contribution in [0, 0.1) is 5.82 Å². The molecular weight excluding hydrogens is 303 g/mol. The molecule has 0 amide bonds. The van der Waals surface area contributed by atoms with Crippen molar-refractivity contribution in [2.75, 3.05) is 0 Å². The SMILES string of the molecule is O=C(O)/C=C/C(=O)c1ccc(SCc2cccc(F)c2)cc1. The van der Waals surface area contributed by atoms with E-state index in [1.165, 1.54) is 23.9 Å². The highest BCUT2D eigenvalue weighted by molar-refractivity contribution is 7.98. The van der Waals surface area contributed by atoms with E-state index < -0.39 is 5.97 Å². The van der Waals surface area contributed by atoms with Gasteiger partial charge in [-0.05, 0) is 48.0 Å². The number of carboxylic acid groups (broad SMARTS) is 1. The summed E-state index contributed by atoms with van der Waals surface area (Å²) in [5, 5.41) is 8.48. The van der Waals surface area contributed by atoms with Gasteiger partial charge < -0.3 is 5.11 Å². The summed E-state index contributed by atoms with van der Waals surface area (Å²) in [6, 6.07) is 13.3. The molecule has 0 saturated carbocycles. The molecule has 0 aliphatic rings. The van der Waals surface area contributed by atoms with Crippen LogP contribution in [0.25, 0.3) is 0 Å². The molecule has 3 nitrogen and oxygen atoms in total. The smallest absolute Gasteiger partial charge is 0.328 e. The quantitative estimate of drug-likeness (QED) is 0.498. The van der Waals surface area contributed by atoms with Crippen LogP contribution in [0.4, 0.5) is 4.39 Å². The van der Waals surface area contributed by atoms with Gasteiger partial charge in [-0.15, -0.1) is 11.8 Å². The molecule has 112 valence electrons. The third-order valence-corrected chi connectivity index (χ3v) is 3.89. The van der Waals surface area contributed by atoms with Crippen LogP contribution in [0.3, 0.4) is 0 Å². The van der Waals surface area contributed by atoms with Crippen molar-refractivity contribution in [3.05, 3.63) is 77.6 Å². The van der Waals surface area contributed by atoms with Crippen LogP contribution < -0.4 is 0 Å². The fourth-order valence-electron chi connectivity index (χ4n) is 1.75. The largest absolute Gasteiger partial charge is 0.478 e. The Labute approximate surface area is 131 Å². The Kier molecular flexibility index (Phi) is 5.49. The first-order valence-corrected chi connectivity index (χ1v) is 7.46. The van der Waals surface area contributed by atoms with Crippen molar-refractivity contribution in [1.29, 1.82) is 0 Å². The van der Waals surface area contributed by atoms with E-state index in [9.17, 15) is 14.0 Å². The van der Waals surface area contributed by atoms with Crippen molar-refractivity contribution in [3.63, 3.8) is 0 Å². The molecule has 0 aliphatic heterocycles. The van der Waals surface area contributed by atoms with Crippen molar-refractivity contribution in [1.82, 2.24) is 0 Å². The standard InChI is InChI=1S/C17H13FO3S/c18-14-3-1-2-12(10-14)11-22-15-6-4-13(5-7-15)16(19)8-9-17(20)21/h1-10H,11H2,(H,20,21)/b9-8+. The lowest BCUT2D eigenvalue weighted by molar-refractivity contribution is -0.131. The third-order valence-electron chi connectivity index (χ3n) is 2.81. The number of benzene rings is 2. The third kappa shape index (κ3) is 4.86. The number of carboxylic acids is 1. The topological polar surface area (TPSA) is 54.4 Å². The number of hydrogen-bond acceptors (Lipinski definition) is 3. The van der Waals surface area contributed by atoms with Gasteiger partial charge in [-0.1, -0.05) is 12.1 Å². The second kappa shape index (κ2) is 7.56. The van der Waals surface area contributed by atoms with E-state index in [4.69, 9.17) is 5.11 Å². The zero-order valence-corrected chi connectivity index (χ0v) is 12.3. The fraction of sp³-hybridized carbons (Fsp3) is 0.0588. The summed E-state index contributed by atoms with van der Waals surface area (Å²) in [5.41, 5.74) is 1.31. The summed E-state index contributed by atoms with van der Waals surface area (Å²) in [7, 11) is 0. The average Bonchev–Trinajstić information content (AvgIpc) is 2.51. The van der Waals surface area contributed by atoms with Crippen molar-refractivity contribution in [2.24, 2.45) is 0 Å². The van der Waals surface area contributed by atoms with Gasteiger partial charge in [0, 0.05) is 22.3 Å². The van der Waals surface area contributed by atoms with Crippen molar-refractivity contribution in [3.8, 4) is 0 Å². The number of carbonyl (C=O) groups excluding carboxylic acids is 1. The first-order valence-electron chi connectivity index (χ1n) is 6.47. The van der Waals surface area contributed by atoms with Gasteiger partial charge in [0.15, 0.2) is 5.78 Å². The summed E-state index contributed by atoms with van der Waals surface area (Å²) in [4.78, 5) is 23.0. The lowest BCUT2D eigenvalue weighted by atomic mass is 10.1. The number of carbonyl (C=O) groups is 2. The molecular formula is C17H13FO3S. The van der Waals surface area contributed by atoms with Crippen LogP contribution in [0.2, 0.25) is 0 Å². The molecule has 0 spiro atoms. The van der Waals surface area contributed by atoms with Gasteiger partial charge in [-0.3, -0.25) is 4.79 Å². The Morgan fingerprint density at radius 3 is 2.45 bits per heavy atom. The summed E-state index contributed by atoms with van der Waals surface area (Å²) in [6.45, 7) is 0. The highest BCUT2D eigenvalue weighted by atomic mass is 32.2. The predicted molar refractivity (Wildman–Crippen MR) is 83.5 cm³/mol. The molecule has 5 heteroatoms. The first kappa shape index (κ1) is 16.0. The number of ketones is 1. The zero-order chi connectivity index (χ0) is 15.9. The molecule has 2 aromatic carbocycles. The molecule has 0 radical (unpaired) electrons. The Morgan fingerprint density at radius 1 is 1.09 bits per heavy atom. The van der Waals surface area contributed by atoms with Crippen LogP contribution in [-0.2, 0) is 10.5 Å². The second-order valence-corrected chi connectivity index (χ2v) is 5.53.